The minimum absolute atomic E-state index is 0. The van der Waals surface area contributed by atoms with Crippen LogP contribution in [0.25, 0.3) is 0 Å². The Labute approximate surface area is 144 Å². The molecule has 1 aromatic carbocycles. The van der Waals surface area contributed by atoms with Crippen molar-refractivity contribution in [2.45, 2.75) is 12.2 Å². The van der Waals surface area contributed by atoms with Crippen molar-refractivity contribution >= 4 is 18.3 Å². The second-order valence-corrected chi connectivity index (χ2v) is 5.61. The summed E-state index contributed by atoms with van der Waals surface area (Å²) in [6, 6.07) is 5.79. The maximum atomic E-state index is 13.4. The number of hydrogen-bond donors (Lipinski definition) is 1. The Balaban J connectivity index is 0.00000288. The van der Waals surface area contributed by atoms with Crippen LogP contribution in [-0.2, 0) is 4.79 Å². The molecule has 0 radical (unpaired) electrons. The topological polar surface area (TPSA) is 35.6 Å². The number of piperazine rings is 1. The third-order valence-electron chi connectivity index (χ3n) is 3.77. The van der Waals surface area contributed by atoms with E-state index in [-0.39, 0.29) is 30.8 Å². The summed E-state index contributed by atoms with van der Waals surface area (Å²) < 4.78 is 50.5. The number of nitrogens with one attached hydrogen (secondary N) is 1. The lowest BCUT2D eigenvalue weighted by molar-refractivity contribution is -0.159. The molecule has 0 spiro atoms. The lowest BCUT2D eigenvalue weighted by atomic mass is 10.0. The fourth-order valence-electron chi connectivity index (χ4n) is 2.63. The molecule has 1 aliphatic heterocycles. The summed E-state index contributed by atoms with van der Waals surface area (Å²) in [5, 5.41) is 3.15. The van der Waals surface area contributed by atoms with Crippen LogP contribution in [0.3, 0.4) is 0 Å². The second kappa shape index (κ2) is 8.64. The molecule has 1 amide bonds. The van der Waals surface area contributed by atoms with Gasteiger partial charge in [-0.15, -0.1) is 12.4 Å². The minimum atomic E-state index is -4.42. The predicted molar refractivity (Wildman–Crippen MR) is 84.5 cm³/mol. The van der Waals surface area contributed by atoms with E-state index in [4.69, 9.17) is 0 Å². The van der Waals surface area contributed by atoms with E-state index in [2.05, 4.69) is 5.32 Å². The Bertz CT molecular complexity index is 556. The van der Waals surface area contributed by atoms with Crippen LogP contribution in [0.2, 0.25) is 0 Å². The molecular weight excluding hydrogens is 350 g/mol. The Kier molecular flexibility index (Phi) is 7.44. The molecule has 1 aromatic rings. The third kappa shape index (κ3) is 5.92. The quantitative estimate of drug-likeness (QED) is 0.827. The summed E-state index contributed by atoms with van der Waals surface area (Å²) in [5.41, 5.74) is 0.698. The number of carbonyl (C=O) groups is 1. The van der Waals surface area contributed by atoms with Crippen LogP contribution in [-0.4, -0.2) is 61.7 Å². The first-order valence-electron chi connectivity index (χ1n) is 7.27. The van der Waals surface area contributed by atoms with Gasteiger partial charge in [-0.2, -0.15) is 13.2 Å². The van der Waals surface area contributed by atoms with E-state index in [1.165, 1.54) is 12.1 Å². The van der Waals surface area contributed by atoms with Gasteiger partial charge in [0, 0.05) is 32.7 Å². The molecule has 0 bridgehead atoms. The van der Waals surface area contributed by atoms with E-state index in [1.54, 1.807) is 17.0 Å². The fraction of sp³-hybridized carbons (Fsp3) is 0.533. The first kappa shape index (κ1) is 20.7. The van der Waals surface area contributed by atoms with Crippen LogP contribution >= 0.6 is 12.4 Å². The fourth-order valence-corrected chi connectivity index (χ4v) is 2.63. The summed E-state index contributed by atoms with van der Waals surface area (Å²) in [6.45, 7) is 0.243. The number of hydrogen-bond acceptors (Lipinski definition) is 3. The number of nitrogens with zero attached hydrogens (tertiary/aromatic N) is 2. The van der Waals surface area contributed by atoms with E-state index in [0.29, 0.717) is 30.1 Å². The Morgan fingerprint density at radius 1 is 1.42 bits per heavy atom. The van der Waals surface area contributed by atoms with Crippen LogP contribution in [0.4, 0.5) is 17.6 Å². The van der Waals surface area contributed by atoms with Gasteiger partial charge in [-0.1, -0.05) is 12.1 Å². The van der Waals surface area contributed by atoms with Gasteiger partial charge in [0.2, 0.25) is 5.91 Å². The molecule has 0 saturated carbocycles. The highest BCUT2D eigenvalue weighted by molar-refractivity contribution is 5.85. The molecule has 0 aliphatic carbocycles. The van der Waals surface area contributed by atoms with Crippen LogP contribution < -0.4 is 5.32 Å². The number of benzene rings is 1. The largest absolute Gasteiger partial charge is 0.406 e. The molecular formula is C15H20ClF4N3O. The van der Waals surface area contributed by atoms with Crippen molar-refractivity contribution in [2.24, 2.45) is 0 Å². The zero-order valence-electron chi connectivity index (χ0n) is 13.1. The summed E-state index contributed by atoms with van der Waals surface area (Å²) in [7, 11) is 1.13. The number of halogens is 5. The summed E-state index contributed by atoms with van der Waals surface area (Å²) in [4.78, 5) is 14.5. The number of carbonyl (C=O) groups excluding carboxylic acids is 1. The average Bonchev–Trinajstić information content (AvgIpc) is 2.46. The van der Waals surface area contributed by atoms with Crippen molar-refractivity contribution < 1.29 is 22.4 Å². The number of rotatable bonds is 4. The Morgan fingerprint density at radius 3 is 2.75 bits per heavy atom. The van der Waals surface area contributed by atoms with E-state index >= 15 is 0 Å². The molecule has 9 heteroatoms. The number of likely N-dealkylation sites (N-methyl/N-ethyl adjacent to an activating group) is 1. The van der Waals surface area contributed by atoms with Crippen molar-refractivity contribution in [1.82, 2.24) is 15.1 Å². The molecule has 2 rings (SSSR count). The summed E-state index contributed by atoms with van der Waals surface area (Å²) >= 11 is 0. The van der Waals surface area contributed by atoms with E-state index in [1.807, 2.05) is 0 Å². The molecule has 0 aromatic heterocycles. The molecule has 1 aliphatic rings. The predicted octanol–water partition coefficient (Wildman–Crippen LogP) is 2.21. The minimum Gasteiger partial charge on any atom is -0.336 e. The summed E-state index contributed by atoms with van der Waals surface area (Å²) in [6.07, 6.45) is -4.42. The zero-order chi connectivity index (χ0) is 17.0. The molecule has 1 unspecified atom stereocenters. The second-order valence-electron chi connectivity index (χ2n) is 5.61. The molecule has 1 N–H and O–H groups in total. The van der Waals surface area contributed by atoms with Gasteiger partial charge in [0.1, 0.15) is 12.4 Å². The van der Waals surface area contributed by atoms with Gasteiger partial charge in [-0.25, -0.2) is 4.39 Å². The highest BCUT2D eigenvalue weighted by Crippen LogP contribution is 2.23. The number of alkyl halides is 3. The van der Waals surface area contributed by atoms with Crippen LogP contribution in [0, 0.1) is 5.82 Å². The van der Waals surface area contributed by atoms with Crippen molar-refractivity contribution in [1.29, 1.82) is 0 Å². The zero-order valence-corrected chi connectivity index (χ0v) is 14.0. The van der Waals surface area contributed by atoms with Gasteiger partial charge < -0.3 is 10.2 Å². The monoisotopic (exact) mass is 369 g/mol. The van der Waals surface area contributed by atoms with Crippen molar-refractivity contribution in [2.75, 3.05) is 39.8 Å². The highest BCUT2D eigenvalue weighted by Gasteiger charge is 2.33. The van der Waals surface area contributed by atoms with Crippen molar-refractivity contribution in [3.63, 3.8) is 0 Å². The van der Waals surface area contributed by atoms with E-state index in [9.17, 15) is 22.4 Å². The number of amides is 1. The highest BCUT2D eigenvalue weighted by atomic mass is 35.5. The van der Waals surface area contributed by atoms with Gasteiger partial charge >= 0.3 is 6.18 Å². The molecule has 1 saturated heterocycles. The average molecular weight is 370 g/mol. The van der Waals surface area contributed by atoms with Gasteiger partial charge in [0.15, 0.2) is 0 Å². The smallest absolute Gasteiger partial charge is 0.336 e. The maximum absolute atomic E-state index is 13.4. The Morgan fingerprint density at radius 2 is 2.12 bits per heavy atom. The lowest BCUT2D eigenvalue weighted by Gasteiger charge is -2.36. The standard InChI is InChI=1S/C15H19F4N3O.ClH/c1-21(10-15(17,18)19)14(23)9-22-6-5-20-8-13(22)11-3-2-4-12(16)7-11;/h2-4,7,13,20H,5-6,8-10H2,1H3;1H. The molecule has 4 nitrogen and oxygen atoms in total. The van der Waals surface area contributed by atoms with E-state index < -0.39 is 18.6 Å². The maximum Gasteiger partial charge on any atom is 0.406 e. The van der Waals surface area contributed by atoms with Crippen LogP contribution in [0.15, 0.2) is 24.3 Å². The van der Waals surface area contributed by atoms with Crippen molar-refractivity contribution in [3.05, 3.63) is 35.6 Å². The third-order valence-corrected chi connectivity index (χ3v) is 3.77. The first-order valence-corrected chi connectivity index (χ1v) is 7.27. The molecule has 1 atom stereocenters. The van der Waals surface area contributed by atoms with E-state index in [0.717, 1.165) is 7.05 Å². The van der Waals surface area contributed by atoms with Gasteiger partial charge in [-0.05, 0) is 17.7 Å². The first-order chi connectivity index (χ1) is 10.8. The molecule has 1 heterocycles. The van der Waals surface area contributed by atoms with Gasteiger partial charge in [0.05, 0.1) is 6.54 Å². The van der Waals surface area contributed by atoms with Crippen LogP contribution in [0.1, 0.15) is 11.6 Å². The lowest BCUT2D eigenvalue weighted by Crippen LogP contribution is -2.50. The van der Waals surface area contributed by atoms with Gasteiger partial charge in [0.25, 0.3) is 0 Å². The van der Waals surface area contributed by atoms with Crippen LogP contribution in [0.5, 0.6) is 0 Å². The normalized spacial score (nSPS) is 18.8. The summed E-state index contributed by atoms with van der Waals surface area (Å²) in [5.74, 6) is -0.987. The molecule has 136 valence electrons. The van der Waals surface area contributed by atoms with Crippen molar-refractivity contribution in [3.8, 4) is 0 Å². The van der Waals surface area contributed by atoms with Gasteiger partial charge in [-0.3, -0.25) is 9.69 Å². The molecule has 1 fully saturated rings. The molecule has 24 heavy (non-hydrogen) atoms. The Hall–Kier alpha value is -1.38. The SMILES string of the molecule is CN(CC(F)(F)F)C(=O)CN1CCNCC1c1cccc(F)c1.Cl.